The molecule has 1 amide bonds. The van der Waals surface area contributed by atoms with Gasteiger partial charge in [-0.3, -0.25) is 9.59 Å². The highest BCUT2D eigenvalue weighted by Crippen LogP contribution is 2.35. The molecule has 1 aliphatic heterocycles. The lowest BCUT2D eigenvalue weighted by Crippen LogP contribution is -2.51. The lowest BCUT2D eigenvalue weighted by atomic mass is 9.78. The second-order valence-electron chi connectivity index (χ2n) is 4.81. The maximum Gasteiger partial charge on any atom is 0.289 e. The van der Waals surface area contributed by atoms with Gasteiger partial charge < -0.3 is 4.90 Å². The van der Waals surface area contributed by atoms with Crippen LogP contribution in [0.5, 0.6) is 0 Å². The summed E-state index contributed by atoms with van der Waals surface area (Å²) in [5.74, 6) is 0.101. The number of carbonyl (C=O) groups excluding carboxylic acids is 2. The third kappa shape index (κ3) is 2.06. The fourth-order valence-electron chi connectivity index (χ4n) is 3.08. The first-order valence-corrected chi connectivity index (χ1v) is 6.01. The average Bonchev–Trinajstić information content (AvgIpc) is 2.27. The number of amides is 1. The summed E-state index contributed by atoms with van der Waals surface area (Å²) < 4.78 is 0. The predicted octanol–water partition coefficient (Wildman–Crippen LogP) is 1.76. The molecule has 2 fully saturated rings. The van der Waals surface area contributed by atoms with E-state index in [4.69, 9.17) is 0 Å². The number of carbonyl (C=O) groups is 2. The molecule has 2 aliphatic rings. The van der Waals surface area contributed by atoms with Gasteiger partial charge in [0, 0.05) is 19.5 Å². The minimum Gasteiger partial charge on any atom is -0.333 e. The van der Waals surface area contributed by atoms with E-state index in [9.17, 15) is 9.59 Å². The standard InChI is InChI=1S/C12H19NO2/c1-9(14)12(15)13-8-4-6-10-5-2-3-7-11(10)13/h10-11H,2-8H2,1H3. The lowest BCUT2D eigenvalue weighted by Gasteiger charge is -2.43. The number of fused-ring (bicyclic) bond motifs is 1. The van der Waals surface area contributed by atoms with Crippen LogP contribution in [-0.4, -0.2) is 29.2 Å². The Hall–Kier alpha value is -0.860. The average molecular weight is 209 g/mol. The Morgan fingerprint density at radius 1 is 1.07 bits per heavy atom. The highest BCUT2D eigenvalue weighted by Gasteiger charge is 2.36. The van der Waals surface area contributed by atoms with Crippen molar-refractivity contribution in [3.8, 4) is 0 Å². The maximum atomic E-state index is 11.7. The first-order valence-electron chi connectivity index (χ1n) is 6.01. The molecule has 0 bridgehead atoms. The van der Waals surface area contributed by atoms with Crippen LogP contribution in [-0.2, 0) is 9.59 Å². The zero-order chi connectivity index (χ0) is 10.8. The van der Waals surface area contributed by atoms with Crippen LogP contribution in [0.15, 0.2) is 0 Å². The van der Waals surface area contributed by atoms with Crippen LogP contribution < -0.4 is 0 Å². The molecule has 2 atom stereocenters. The van der Waals surface area contributed by atoms with Crippen molar-refractivity contribution in [3.05, 3.63) is 0 Å². The Kier molecular flexibility index (Phi) is 3.08. The van der Waals surface area contributed by atoms with E-state index in [2.05, 4.69) is 0 Å². The topological polar surface area (TPSA) is 37.4 Å². The molecule has 0 N–H and O–H groups in total. The predicted molar refractivity (Wildman–Crippen MR) is 57.4 cm³/mol. The Labute approximate surface area is 90.8 Å². The largest absolute Gasteiger partial charge is 0.333 e. The van der Waals surface area contributed by atoms with E-state index < -0.39 is 0 Å². The summed E-state index contributed by atoms with van der Waals surface area (Å²) in [5, 5.41) is 0. The van der Waals surface area contributed by atoms with E-state index in [1.54, 1.807) is 0 Å². The van der Waals surface area contributed by atoms with E-state index >= 15 is 0 Å². The minimum absolute atomic E-state index is 0.258. The van der Waals surface area contributed by atoms with Crippen molar-refractivity contribution in [1.29, 1.82) is 0 Å². The van der Waals surface area contributed by atoms with Gasteiger partial charge >= 0.3 is 0 Å². The molecule has 0 aromatic rings. The molecule has 0 aromatic carbocycles. The molecule has 84 valence electrons. The number of nitrogens with zero attached hydrogens (tertiary/aromatic N) is 1. The van der Waals surface area contributed by atoms with Gasteiger partial charge in [0.15, 0.2) is 0 Å². The fraction of sp³-hybridized carbons (Fsp3) is 0.833. The molecule has 1 heterocycles. The van der Waals surface area contributed by atoms with Crippen LogP contribution in [0.25, 0.3) is 0 Å². The number of hydrogen-bond donors (Lipinski definition) is 0. The summed E-state index contributed by atoms with van der Waals surface area (Å²) in [7, 11) is 0. The Morgan fingerprint density at radius 2 is 1.73 bits per heavy atom. The van der Waals surface area contributed by atoms with Gasteiger partial charge in [0.05, 0.1) is 0 Å². The normalized spacial score (nSPS) is 30.9. The quantitative estimate of drug-likeness (QED) is 0.617. The molecule has 1 saturated heterocycles. The smallest absolute Gasteiger partial charge is 0.289 e. The summed E-state index contributed by atoms with van der Waals surface area (Å²) in [6.45, 7) is 2.17. The zero-order valence-corrected chi connectivity index (χ0v) is 9.37. The minimum atomic E-state index is -0.304. The fourth-order valence-corrected chi connectivity index (χ4v) is 3.08. The second-order valence-corrected chi connectivity index (χ2v) is 4.81. The van der Waals surface area contributed by atoms with Gasteiger partial charge in [0.2, 0.25) is 5.78 Å². The maximum absolute atomic E-state index is 11.7. The van der Waals surface area contributed by atoms with E-state index in [0.29, 0.717) is 12.0 Å². The van der Waals surface area contributed by atoms with Gasteiger partial charge in [-0.25, -0.2) is 0 Å². The van der Waals surface area contributed by atoms with Gasteiger partial charge in [0.1, 0.15) is 0 Å². The highest BCUT2D eigenvalue weighted by atomic mass is 16.2. The third-order valence-electron chi connectivity index (χ3n) is 3.81. The Balaban J connectivity index is 2.09. The van der Waals surface area contributed by atoms with Crippen molar-refractivity contribution >= 4 is 11.7 Å². The summed E-state index contributed by atoms with van der Waals surface area (Å²) >= 11 is 0. The number of Topliss-reactive ketones (excluding diaryl/α,β-unsaturated/α-hetero) is 1. The van der Waals surface area contributed by atoms with Crippen LogP contribution in [0.4, 0.5) is 0 Å². The first kappa shape index (κ1) is 10.7. The zero-order valence-electron chi connectivity index (χ0n) is 9.37. The van der Waals surface area contributed by atoms with E-state index in [1.807, 2.05) is 4.90 Å². The van der Waals surface area contributed by atoms with Crippen LogP contribution in [0.3, 0.4) is 0 Å². The monoisotopic (exact) mass is 209 g/mol. The summed E-state index contributed by atoms with van der Waals surface area (Å²) in [6.07, 6.45) is 7.16. The second kappa shape index (κ2) is 4.33. The van der Waals surface area contributed by atoms with Crippen molar-refractivity contribution in [1.82, 2.24) is 4.90 Å². The number of likely N-dealkylation sites (tertiary alicyclic amines) is 1. The van der Waals surface area contributed by atoms with Gasteiger partial charge in [-0.1, -0.05) is 12.8 Å². The van der Waals surface area contributed by atoms with Crippen molar-refractivity contribution in [2.75, 3.05) is 6.54 Å². The summed E-state index contributed by atoms with van der Waals surface area (Å²) in [5.41, 5.74) is 0. The van der Waals surface area contributed by atoms with Crippen molar-refractivity contribution in [2.45, 2.75) is 51.5 Å². The van der Waals surface area contributed by atoms with Gasteiger partial charge in [0.25, 0.3) is 5.91 Å². The van der Waals surface area contributed by atoms with Gasteiger partial charge in [-0.15, -0.1) is 0 Å². The molecule has 1 saturated carbocycles. The van der Waals surface area contributed by atoms with E-state index in [1.165, 1.54) is 32.6 Å². The molecule has 0 spiro atoms. The van der Waals surface area contributed by atoms with Crippen LogP contribution in [0, 0.1) is 5.92 Å². The van der Waals surface area contributed by atoms with Gasteiger partial charge in [-0.05, 0) is 31.6 Å². The first-order chi connectivity index (χ1) is 7.20. The molecule has 0 aromatic heterocycles. The summed E-state index contributed by atoms with van der Waals surface area (Å²) in [4.78, 5) is 24.7. The lowest BCUT2D eigenvalue weighted by molar-refractivity contribution is -0.148. The molecule has 0 radical (unpaired) electrons. The molecule has 1 aliphatic carbocycles. The molecule has 2 rings (SSSR count). The van der Waals surface area contributed by atoms with Crippen LogP contribution >= 0.6 is 0 Å². The number of hydrogen-bond acceptors (Lipinski definition) is 2. The summed E-state index contributed by atoms with van der Waals surface area (Å²) in [6, 6.07) is 0.365. The molecule has 2 unspecified atom stereocenters. The molecule has 3 nitrogen and oxygen atoms in total. The van der Waals surface area contributed by atoms with Crippen molar-refractivity contribution in [2.24, 2.45) is 5.92 Å². The third-order valence-corrected chi connectivity index (χ3v) is 3.81. The van der Waals surface area contributed by atoms with Gasteiger partial charge in [-0.2, -0.15) is 0 Å². The highest BCUT2D eigenvalue weighted by molar-refractivity contribution is 6.35. The van der Waals surface area contributed by atoms with Crippen molar-refractivity contribution in [3.63, 3.8) is 0 Å². The number of piperidine rings is 1. The molecule has 15 heavy (non-hydrogen) atoms. The Bertz CT molecular complexity index is 273. The molecular formula is C12H19NO2. The molecule has 3 heteroatoms. The molecular weight excluding hydrogens is 190 g/mol. The number of rotatable bonds is 1. The Morgan fingerprint density at radius 3 is 2.47 bits per heavy atom. The van der Waals surface area contributed by atoms with Crippen molar-refractivity contribution < 1.29 is 9.59 Å². The van der Waals surface area contributed by atoms with Crippen LogP contribution in [0.2, 0.25) is 0 Å². The van der Waals surface area contributed by atoms with E-state index in [-0.39, 0.29) is 11.7 Å². The SMILES string of the molecule is CC(=O)C(=O)N1CCCC2CCCCC21. The number of ketones is 1. The van der Waals surface area contributed by atoms with E-state index in [0.717, 1.165) is 19.4 Å². The van der Waals surface area contributed by atoms with Crippen LogP contribution in [0.1, 0.15) is 45.4 Å².